The Kier molecular flexibility index (Phi) is 1.71. The molecule has 82 valence electrons. The molecule has 0 aromatic heterocycles. The Morgan fingerprint density at radius 2 is 1.87 bits per heavy atom. The minimum Gasteiger partial charge on any atom is -0.481 e. The zero-order valence-electron chi connectivity index (χ0n) is 9.03. The van der Waals surface area contributed by atoms with Gasteiger partial charge in [0.25, 0.3) is 0 Å². The zero-order valence-corrected chi connectivity index (χ0v) is 9.03. The topological polar surface area (TPSA) is 71.4 Å². The van der Waals surface area contributed by atoms with Gasteiger partial charge in [-0.25, -0.2) is 0 Å². The van der Waals surface area contributed by atoms with E-state index in [1.165, 1.54) is 0 Å². The first-order chi connectivity index (χ1) is 6.74. The van der Waals surface area contributed by atoms with Crippen molar-refractivity contribution in [1.29, 1.82) is 0 Å². The number of ketones is 2. The summed E-state index contributed by atoms with van der Waals surface area (Å²) in [7, 11) is 0. The van der Waals surface area contributed by atoms with Gasteiger partial charge >= 0.3 is 5.97 Å². The van der Waals surface area contributed by atoms with Gasteiger partial charge in [-0.15, -0.1) is 0 Å². The van der Waals surface area contributed by atoms with Gasteiger partial charge < -0.3 is 5.11 Å². The molecule has 2 rings (SSSR count). The number of carbonyl (C=O) groups is 3. The smallest absolute Gasteiger partial charge is 0.307 e. The number of carboxylic acids is 1. The molecule has 0 aromatic rings. The Bertz CT molecular complexity index is 382. The SMILES string of the molecule is CC1(C)C2CC(C(=O)O)C1(C)C(=O)C2=O. The Hall–Kier alpha value is -1.19. The van der Waals surface area contributed by atoms with Crippen LogP contribution in [0.2, 0.25) is 0 Å². The lowest BCUT2D eigenvalue weighted by Crippen LogP contribution is -2.43. The van der Waals surface area contributed by atoms with Crippen LogP contribution in [0.25, 0.3) is 0 Å². The zero-order chi connectivity index (χ0) is 11.6. The summed E-state index contributed by atoms with van der Waals surface area (Å²) in [5.41, 5.74) is -1.54. The summed E-state index contributed by atoms with van der Waals surface area (Å²) in [5.74, 6) is -2.94. The highest BCUT2D eigenvalue weighted by atomic mass is 16.4. The third-order valence-electron chi connectivity index (χ3n) is 4.69. The molecule has 0 amide bonds. The molecule has 0 radical (unpaired) electrons. The van der Waals surface area contributed by atoms with Crippen LogP contribution in [0.5, 0.6) is 0 Å². The second-order valence-corrected chi connectivity index (χ2v) is 5.30. The van der Waals surface area contributed by atoms with Gasteiger partial charge in [-0.3, -0.25) is 14.4 Å². The van der Waals surface area contributed by atoms with Crippen molar-refractivity contribution >= 4 is 17.5 Å². The van der Waals surface area contributed by atoms with Gasteiger partial charge in [0.05, 0.1) is 11.3 Å². The van der Waals surface area contributed by atoms with Crippen LogP contribution in [0.1, 0.15) is 27.2 Å². The number of rotatable bonds is 1. The highest BCUT2D eigenvalue weighted by Crippen LogP contribution is 2.64. The van der Waals surface area contributed by atoms with Crippen LogP contribution in [-0.4, -0.2) is 22.6 Å². The molecule has 4 nitrogen and oxygen atoms in total. The van der Waals surface area contributed by atoms with E-state index >= 15 is 0 Å². The molecule has 0 aliphatic heterocycles. The van der Waals surface area contributed by atoms with E-state index in [0.29, 0.717) is 6.42 Å². The second-order valence-electron chi connectivity index (χ2n) is 5.30. The van der Waals surface area contributed by atoms with Gasteiger partial charge in [0.1, 0.15) is 0 Å². The van der Waals surface area contributed by atoms with Crippen molar-refractivity contribution in [3.8, 4) is 0 Å². The highest BCUT2D eigenvalue weighted by Gasteiger charge is 2.72. The molecule has 3 unspecified atom stereocenters. The lowest BCUT2D eigenvalue weighted by molar-refractivity contribution is -0.154. The standard InChI is InChI=1S/C11H14O4/c1-10(2)5-4-6(9(14)15)11(10,3)8(13)7(5)12/h5-6H,4H2,1-3H3,(H,14,15). The van der Waals surface area contributed by atoms with Gasteiger partial charge in [-0.05, 0) is 11.8 Å². The molecule has 2 fully saturated rings. The quantitative estimate of drug-likeness (QED) is 0.652. The van der Waals surface area contributed by atoms with Gasteiger partial charge in [0.15, 0.2) is 0 Å². The van der Waals surface area contributed by atoms with Crippen molar-refractivity contribution in [3.63, 3.8) is 0 Å². The first kappa shape index (κ1) is 10.3. The third kappa shape index (κ3) is 0.856. The van der Waals surface area contributed by atoms with Gasteiger partial charge in [0, 0.05) is 5.92 Å². The molecular formula is C11H14O4. The molecular weight excluding hydrogens is 196 g/mol. The monoisotopic (exact) mass is 210 g/mol. The number of carbonyl (C=O) groups excluding carboxylic acids is 2. The molecule has 0 spiro atoms. The molecule has 2 aliphatic rings. The van der Waals surface area contributed by atoms with Crippen molar-refractivity contribution in [2.75, 3.05) is 0 Å². The number of carboxylic acid groups (broad SMARTS) is 1. The van der Waals surface area contributed by atoms with Crippen LogP contribution >= 0.6 is 0 Å². The summed E-state index contributed by atoms with van der Waals surface area (Å²) in [6, 6.07) is 0. The summed E-state index contributed by atoms with van der Waals surface area (Å²) in [6.07, 6.45) is 0.309. The fraction of sp³-hybridized carbons (Fsp3) is 0.727. The van der Waals surface area contributed by atoms with Crippen molar-refractivity contribution in [2.24, 2.45) is 22.7 Å². The number of fused-ring (bicyclic) bond motifs is 2. The Morgan fingerprint density at radius 1 is 1.33 bits per heavy atom. The summed E-state index contributed by atoms with van der Waals surface area (Å²) in [6.45, 7) is 5.27. The molecule has 2 saturated carbocycles. The van der Waals surface area contributed by atoms with Crippen LogP contribution in [0, 0.1) is 22.7 Å². The fourth-order valence-corrected chi connectivity index (χ4v) is 3.22. The van der Waals surface area contributed by atoms with E-state index in [2.05, 4.69) is 0 Å². The maximum atomic E-state index is 11.8. The number of hydrogen-bond acceptors (Lipinski definition) is 3. The van der Waals surface area contributed by atoms with E-state index in [9.17, 15) is 14.4 Å². The first-order valence-corrected chi connectivity index (χ1v) is 5.06. The van der Waals surface area contributed by atoms with Crippen LogP contribution in [0.15, 0.2) is 0 Å². The summed E-state index contributed by atoms with van der Waals surface area (Å²) >= 11 is 0. The average Bonchev–Trinajstić information content (AvgIpc) is 2.39. The van der Waals surface area contributed by atoms with E-state index in [4.69, 9.17) is 5.11 Å². The molecule has 3 atom stereocenters. The minimum absolute atomic E-state index is 0.309. The van der Waals surface area contributed by atoms with Crippen LogP contribution in [0.4, 0.5) is 0 Å². The number of aliphatic carboxylic acids is 1. The second kappa shape index (κ2) is 2.49. The van der Waals surface area contributed by atoms with Crippen LogP contribution < -0.4 is 0 Å². The number of Topliss-reactive ketones (excluding diaryl/α,β-unsaturated/α-hetero) is 2. The van der Waals surface area contributed by atoms with Crippen molar-refractivity contribution < 1.29 is 19.5 Å². The molecule has 2 bridgehead atoms. The van der Waals surface area contributed by atoms with Crippen LogP contribution in [-0.2, 0) is 14.4 Å². The molecule has 15 heavy (non-hydrogen) atoms. The third-order valence-corrected chi connectivity index (χ3v) is 4.69. The summed E-state index contributed by atoms with van der Waals surface area (Å²) < 4.78 is 0. The lowest BCUT2D eigenvalue weighted by Gasteiger charge is -2.34. The summed E-state index contributed by atoms with van der Waals surface area (Å²) in [4.78, 5) is 34.5. The molecule has 2 aliphatic carbocycles. The van der Waals surface area contributed by atoms with Gasteiger partial charge in [-0.1, -0.05) is 20.8 Å². The normalized spacial score (nSPS) is 42.3. The predicted octanol–water partition coefficient (Wildman–Crippen LogP) is 0.891. The minimum atomic E-state index is -1.01. The van der Waals surface area contributed by atoms with E-state index in [-0.39, 0.29) is 5.78 Å². The molecule has 0 heterocycles. The Balaban J connectivity index is 2.58. The van der Waals surface area contributed by atoms with Crippen molar-refractivity contribution in [2.45, 2.75) is 27.2 Å². The van der Waals surface area contributed by atoms with Crippen molar-refractivity contribution in [1.82, 2.24) is 0 Å². The Labute approximate surface area is 87.7 Å². The highest BCUT2D eigenvalue weighted by molar-refractivity contribution is 6.43. The summed E-state index contributed by atoms with van der Waals surface area (Å²) in [5, 5.41) is 9.07. The molecule has 1 N–H and O–H groups in total. The lowest BCUT2D eigenvalue weighted by atomic mass is 9.66. The van der Waals surface area contributed by atoms with Gasteiger partial charge in [0.2, 0.25) is 11.6 Å². The average molecular weight is 210 g/mol. The van der Waals surface area contributed by atoms with E-state index < -0.39 is 34.4 Å². The molecule has 4 heteroatoms. The predicted molar refractivity (Wildman–Crippen MR) is 51.1 cm³/mol. The maximum absolute atomic E-state index is 11.8. The maximum Gasteiger partial charge on any atom is 0.307 e. The van der Waals surface area contributed by atoms with E-state index in [0.717, 1.165) is 0 Å². The molecule has 0 saturated heterocycles. The van der Waals surface area contributed by atoms with Crippen molar-refractivity contribution in [3.05, 3.63) is 0 Å². The van der Waals surface area contributed by atoms with Crippen LogP contribution in [0.3, 0.4) is 0 Å². The van der Waals surface area contributed by atoms with E-state index in [1.54, 1.807) is 6.92 Å². The Morgan fingerprint density at radius 3 is 2.20 bits per heavy atom. The largest absolute Gasteiger partial charge is 0.481 e. The fourth-order valence-electron chi connectivity index (χ4n) is 3.22. The van der Waals surface area contributed by atoms with E-state index in [1.807, 2.05) is 13.8 Å². The van der Waals surface area contributed by atoms with Gasteiger partial charge in [-0.2, -0.15) is 0 Å². The first-order valence-electron chi connectivity index (χ1n) is 5.06. The molecule has 0 aromatic carbocycles. The number of hydrogen-bond donors (Lipinski definition) is 1.